The Hall–Kier alpha value is -3.35. The molecule has 6 heteroatoms. The highest BCUT2D eigenvalue weighted by molar-refractivity contribution is 5.83. The molecule has 2 N–H and O–H groups in total. The Morgan fingerprint density at radius 3 is 1.53 bits per heavy atom. The van der Waals surface area contributed by atoms with Gasteiger partial charge in [0.15, 0.2) is 0 Å². The van der Waals surface area contributed by atoms with Gasteiger partial charge >= 0.3 is 11.9 Å². The summed E-state index contributed by atoms with van der Waals surface area (Å²) in [6.07, 6.45) is -0.399. The van der Waals surface area contributed by atoms with Crippen molar-refractivity contribution in [2.24, 2.45) is 11.8 Å². The van der Waals surface area contributed by atoms with E-state index in [0.29, 0.717) is 19.4 Å². The van der Waals surface area contributed by atoms with Crippen LogP contribution in [-0.4, -0.2) is 47.6 Å². The van der Waals surface area contributed by atoms with Crippen molar-refractivity contribution in [3.63, 3.8) is 0 Å². The molecule has 0 heterocycles. The van der Waals surface area contributed by atoms with Crippen LogP contribution in [0.4, 0.5) is 0 Å². The first-order valence-corrected chi connectivity index (χ1v) is 12.3. The van der Waals surface area contributed by atoms with E-state index in [2.05, 4.69) is 6.92 Å². The van der Waals surface area contributed by atoms with Gasteiger partial charge in [-0.2, -0.15) is 0 Å². The van der Waals surface area contributed by atoms with Crippen LogP contribution in [0.3, 0.4) is 0 Å². The number of hydrogen-bond acceptors (Lipinski definition) is 6. The van der Waals surface area contributed by atoms with Crippen LogP contribution in [0, 0.1) is 18.8 Å². The zero-order valence-corrected chi connectivity index (χ0v) is 21.1. The maximum absolute atomic E-state index is 11.8. The number of allylic oxidation sites excluding steroid dienone is 2. The summed E-state index contributed by atoms with van der Waals surface area (Å²) in [7, 11) is 0. The number of hydrogen-bond donors (Lipinski definition) is 2. The minimum atomic E-state index is -0.751. The fraction of sp³-hybridized carbons (Fsp3) is 0.367. The summed E-state index contributed by atoms with van der Waals surface area (Å²) in [5.74, 6) is -1.64. The quantitative estimate of drug-likeness (QED) is 0.452. The van der Waals surface area contributed by atoms with E-state index in [9.17, 15) is 19.8 Å². The summed E-state index contributed by atoms with van der Waals surface area (Å²) in [4.78, 5) is 23.5. The van der Waals surface area contributed by atoms with Gasteiger partial charge in [0.2, 0.25) is 6.61 Å². The molecule has 0 unspecified atom stereocenters. The van der Waals surface area contributed by atoms with Gasteiger partial charge in [-0.3, -0.25) is 9.59 Å². The number of aliphatic hydroxyl groups is 2. The third kappa shape index (κ3) is 6.07. The standard InChI is InChI=1S/C15H18O3.C15H17O3/c2*1-3-18-15(17)13-9-12(10(2)14(13)16)11-7-5-4-6-8-11/h4-8,13-14,16H,3,9H2,1-2H3;4-8,13-14,16H,1,3,9H2,2H3/q;+1/t2*13-,14-/m01/s1. The molecule has 6 nitrogen and oxygen atoms in total. The lowest BCUT2D eigenvalue weighted by Crippen LogP contribution is -2.26. The maximum Gasteiger partial charge on any atom is 0.315 e. The second-order valence-electron chi connectivity index (χ2n) is 8.99. The molecule has 0 aromatic heterocycles. The fourth-order valence-electron chi connectivity index (χ4n) is 4.80. The molecule has 0 radical (unpaired) electrons. The minimum absolute atomic E-state index is 0.0990. The van der Waals surface area contributed by atoms with Crippen LogP contribution >= 0.6 is 0 Å². The molecule has 0 aliphatic heterocycles. The van der Waals surface area contributed by atoms with Crippen LogP contribution in [0.5, 0.6) is 0 Å². The molecule has 36 heavy (non-hydrogen) atoms. The number of aliphatic hydroxyl groups excluding tert-OH is 2. The Labute approximate surface area is 213 Å². The lowest BCUT2D eigenvalue weighted by atomic mass is 10.0. The molecule has 2 aliphatic carbocycles. The summed E-state index contributed by atoms with van der Waals surface area (Å²) >= 11 is 0. The molecule has 0 fully saturated rings. The highest BCUT2D eigenvalue weighted by Crippen LogP contribution is 2.39. The minimum Gasteiger partial charge on any atom is -0.466 e. The molecule has 0 spiro atoms. The second-order valence-corrected chi connectivity index (χ2v) is 8.99. The monoisotopic (exact) mass is 491 g/mol. The van der Waals surface area contributed by atoms with Crippen molar-refractivity contribution in [1.82, 2.24) is 0 Å². The van der Waals surface area contributed by atoms with Crippen LogP contribution < -0.4 is 0 Å². The summed E-state index contributed by atoms with van der Waals surface area (Å²) in [5.41, 5.74) is 5.95. The molecule has 2 aliphatic rings. The van der Waals surface area contributed by atoms with E-state index in [1.165, 1.54) is 0 Å². The lowest BCUT2D eigenvalue weighted by Gasteiger charge is -2.14. The molecule has 190 valence electrons. The smallest absolute Gasteiger partial charge is 0.315 e. The van der Waals surface area contributed by atoms with E-state index in [4.69, 9.17) is 9.47 Å². The number of ether oxygens (including phenoxy) is 2. The van der Waals surface area contributed by atoms with Gasteiger partial charge in [-0.15, -0.1) is 0 Å². The first kappa shape index (κ1) is 27.2. The van der Waals surface area contributed by atoms with E-state index in [-0.39, 0.29) is 18.5 Å². The van der Waals surface area contributed by atoms with E-state index >= 15 is 0 Å². The SMILES string of the molecule is CCOC(=O)[C@H]1CC(c2ccccc2)=C(C)[C@@H]1O.[CH2+]COC(=O)[C@@H]1CC(c2ccccc2)=C(C)[C@H]1O. The molecular weight excluding hydrogens is 456 g/mol. The van der Waals surface area contributed by atoms with Crippen LogP contribution in [0.2, 0.25) is 0 Å². The van der Waals surface area contributed by atoms with Gasteiger partial charge in [-0.05, 0) is 67.0 Å². The van der Waals surface area contributed by atoms with Crippen LogP contribution in [-0.2, 0) is 19.1 Å². The number of esters is 2. The van der Waals surface area contributed by atoms with Crippen molar-refractivity contribution in [3.8, 4) is 0 Å². The Kier molecular flexibility index (Phi) is 9.51. The molecule has 0 amide bonds. The molecule has 4 atom stereocenters. The van der Waals surface area contributed by atoms with Gasteiger partial charge in [0.05, 0.1) is 30.7 Å². The van der Waals surface area contributed by atoms with Crippen LogP contribution in [0.25, 0.3) is 11.1 Å². The summed E-state index contributed by atoms with van der Waals surface area (Å²) < 4.78 is 9.90. The highest BCUT2D eigenvalue weighted by atomic mass is 16.5. The van der Waals surface area contributed by atoms with E-state index in [0.717, 1.165) is 33.4 Å². The normalized spacial score (nSPS) is 23.2. The number of carbonyl (C=O) groups excluding carboxylic acids is 2. The van der Waals surface area contributed by atoms with Crippen molar-refractivity contribution in [2.75, 3.05) is 13.2 Å². The third-order valence-electron chi connectivity index (χ3n) is 6.83. The summed E-state index contributed by atoms with van der Waals surface area (Å²) in [5, 5.41) is 20.2. The fourth-order valence-corrected chi connectivity index (χ4v) is 4.80. The van der Waals surface area contributed by atoms with Crippen molar-refractivity contribution >= 4 is 23.1 Å². The average molecular weight is 492 g/mol. The van der Waals surface area contributed by atoms with Crippen molar-refractivity contribution in [1.29, 1.82) is 0 Å². The first-order valence-electron chi connectivity index (χ1n) is 12.3. The van der Waals surface area contributed by atoms with Crippen LogP contribution in [0.15, 0.2) is 71.8 Å². The topological polar surface area (TPSA) is 93.1 Å². The predicted molar refractivity (Wildman–Crippen MR) is 139 cm³/mol. The average Bonchev–Trinajstić information content (AvgIpc) is 3.36. The Balaban J connectivity index is 0.000000201. The Morgan fingerprint density at radius 2 is 1.17 bits per heavy atom. The zero-order chi connectivity index (χ0) is 26.2. The number of carbonyl (C=O) groups is 2. The van der Waals surface area contributed by atoms with Crippen molar-refractivity contribution in [3.05, 3.63) is 89.9 Å². The molecule has 4 rings (SSSR count). The van der Waals surface area contributed by atoms with Gasteiger partial charge in [0.25, 0.3) is 0 Å². The van der Waals surface area contributed by atoms with Crippen molar-refractivity contribution < 1.29 is 29.3 Å². The lowest BCUT2D eigenvalue weighted by molar-refractivity contribution is -0.151. The summed E-state index contributed by atoms with van der Waals surface area (Å²) in [6, 6.07) is 19.7. The maximum atomic E-state index is 11.8. The van der Waals surface area contributed by atoms with Gasteiger partial charge < -0.3 is 19.7 Å². The zero-order valence-electron chi connectivity index (χ0n) is 21.1. The van der Waals surface area contributed by atoms with Gasteiger partial charge in [0, 0.05) is 0 Å². The van der Waals surface area contributed by atoms with Gasteiger partial charge in [-0.25, -0.2) is 0 Å². The van der Waals surface area contributed by atoms with Crippen LogP contribution in [0.1, 0.15) is 44.7 Å². The molecule has 0 saturated carbocycles. The molecule has 0 bridgehead atoms. The Bertz CT molecular complexity index is 1010. The second kappa shape index (κ2) is 12.6. The Morgan fingerprint density at radius 1 is 0.778 bits per heavy atom. The van der Waals surface area contributed by atoms with Gasteiger partial charge in [-0.1, -0.05) is 60.7 Å². The predicted octanol–water partition coefficient (Wildman–Crippen LogP) is 4.62. The molecule has 0 saturated heterocycles. The third-order valence-corrected chi connectivity index (χ3v) is 6.83. The molecular formula is C30H35O6+. The van der Waals surface area contributed by atoms with E-state index < -0.39 is 24.0 Å². The number of rotatable bonds is 6. The first-order chi connectivity index (χ1) is 17.3. The summed E-state index contributed by atoms with van der Waals surface area (Å²) in [6.45, 7) is 9.45. The molecule has 2 aromatic rings. The largest absolute Gasteiger partial charge is 0.466 e. The van der Waals surface area contributed by atoms with Crippen molar-refractivity contribution in [2.45, 2.75) is 45.8 Å². The highest BCUT2D eigenvalue weighted by Gasteiger charge is 2.38. The van der Waals surface area contributed by atoms with Gasteiger partial charge in [0.1, 0.15) is 6.92 Å². The van der Waals surface area contributed by atoms with E-state index in [1.54, 1.807) is 6.92 Å². The number of benzene rings is 2. The molecule has 2 aromatic carbocycles. The van der Waals surface area contributed by atoms with E-state index in [1.807, 2.05) is 74.5 Å².